The Hall–Kier alpha value is -1.73. The zero-order chi connectivity index (χ0) is 26.7. The molecule has 214 valence electrons. The van der Waals surface area contributed by atoms with E-state index in [0.717, 1.165) is 55.6 Å². The van der Waals surface area contributed by atoms with Crippen molar-refractivity contribution >= 4 is 23.3 Å². The molecule has 2 aromatic rings. The van der Waals surface area contributed by atoms with Crippen LogP contribution < -0.4 is 0 Å². The number of unbranched alkanes of at least 4 members (excludes halogenated alkanes) is 6. The Kier molecular flexibility index (Phi) is 19.1. The van der Waals surface area contributed by atoms with Gasteiger partial charge >= 0.3 is 0 Å². The van der Waals surface area contributed by atoms with Crippen LogP contribution in [0.2, 0.25) is 0 Å². The fraction of sp³-hybridized carbons (Fsp3) is 0.600. The molecule has 0 heterocycles. The second-order valence-electron chi connectivity index (χ2n) is 10.7. The van der Waals surface area contributed by atoms with Crippen LogP contribution >= 0.6 is 0 Å². The van der Waals surface area contributed by atoms with E-state index in [4.69, 9.17) is 9.98 Å². The molecule has 0 bridgehead atoms. The Labute approximate surface area is 245 Å². The molecule has 0 aliphatic carbocycles. The van der Waals surface area contributed by atoms with Crippen molar-refractivity contribution in [1.82, 2.24) is 0 Å². The van der Waals surface area contributed by atoms with Gasteiger partial charge in [0.2, 0.25) is 0 Å². The van der Waals surface area contributed by atoms with Gasteiger partial charge in [-0.15, -0.1) is 0 Å². The van der Waals surface area contributed by atoms with Crippen molar-refractivity contribution in [2.45, 2.75) is 137 Å². The largest absolute Gasteiger partial charge is 0.255 e. The van der Waals surface area contributed by atoms with Crippen molar-refractivity contribution in [1.29, 1.82) is 0 Å². The van der Waals surface area contributed by atoms with E-state index in [1.165, 1.54) is 86.5 Å². The maximum absolute atomic E-state index is 5.19. The Morgan fingerprint density at radius 3 is 1.32 bits per heavy atom. The Bertz CT molecular complexity index is 908. The monoisotopic (exact) mass is 560 g/mol. The van der Waals surface area contributed by atoms with E-state index in [-0.39, 0.29) is 16.5 Å². The summed E-state index contributed by atoms with van der Waals surface area (Å²) in [7, 11) is 0. The van der Waals surface area contributed by atoms with E-state index in [9.17, 15) is 0 Å². The van der Waals surface area contributed by atoms with Crippen LogP contribution in [0.1, 0.15) is 134 Å². The number of aliphatic imine (C=N–C) groups is 2. The minimum Gasteiger partial charge on any atom is -0.255 e. The van der Waals surface area contributed by atoms with Gasteiger partial charge in [-0.05, 0) is 111 Å². The van der Waals surface area contributed by atoms with E-state index in [0.29, 0.717) is 0 Å². The van der Waals surface area contributed by atoms with Crippen LogP contribution in [-0.4, -0.2) is 11.9 Å². The Morgan fingerprint density at radius 2 is 0.921 bits per heavy atom. The van der Waals surface area contributed by atoms with Gasteiger partial charge in [-0.2, -0.15) is 0 Å². The first-order valence-electron chi connectivity index (χ1n) is 15.5. The van der Waals surface area contributed by atoms with E-state index < -0.39 is 0 Å². The average molecular weight is 562 g/mol. The van der Waals surface area contributed by atoms with Crippen molar-refractivity contribution < 1.29 is 16.5 Å². The molecule has 0 aromatic heterocycles. The summed E-state index contributed by atoms with van der Waals surface area (Å²) in [6.45, 7) is 11.3. The zero-order valence-corrected chi connectivity index (χ0v) is 26.1. The fourth-order valence-electron chi connectivity index (χ4n) is 4.75. The molecule has 0 radical (unpaired) electrons. The van der Waals surface area contributed by atoms with Gasteiger partial charge in [0.1, 0.15) is 0 Å². The van der Waals surface area contributed by atoms with Crippen molar-refractivity contribution in [3.63, 3.8) is 0 Å². The molecule has 0 spiro atoms. The van der Waals surface area contributed by atoms with Crippen molar-refractivity contribution in [2.24, 2.45) is 9.98 Å². The maximum Gasteiger partial charge on any atom is 0.0639 e. The number of hydrogen-bond acceptors (Lipinski definition) is 2. The Morgan fingerprint density at radius 1 is 0.526 bits per heavy atom. The summed E-state index contributed by atoms with van der Waals surface area (Å²) in [6.07, 6.45) is 21.1. The molecule has 0 fully saturated rings. The Balaban J connectivity index is 0.00000722. The number of aryl methyl sites for hydroxylation is 4. The third kappa shape index (κ3) is 13.9. The zero-order valence-electron chi connectivity index (χ0n) is 25.1. The summed E-state index contributed by atoms with van der Waals surface area (Å²) in [5, 5.41) is 0. The molecule has 2 nitrogen and oxygen atoms in total. The van der Waals surface area contributed by atoms with E-state index in [1.807, 2.05) is 0 Å². The van der Waals surface area contributed by atoms with Gasteiger partial charge in [-0.25, -0.2) is 0 Å². The van der Waals surface area contributed by atoms with Crippen LogP contribution in [-0.2, 0) is 42.2 Å². The van der Waals surface area contributed by atoms with Gasteiger partial charge in [0.25, 0.3) is 0 Å². The predicted molar refractivity (Wildman–Crippen MR) is 167 cm³/mol. The smallest absolute Gasteiger partial charge is 0.0639 e. The van der Waals surface area contributed by atoms with Gasteiger partial charge in [0, 0.05) is 22.7 Å². The molecule has 0 saturated heterocycles. The van der Waals surface area contributed by atoms with Gasteiger partial charge in [0.15, 0.2) is 0 Å². The summed E-state index contributed by atoms with van der Waals surface area (Å²) in [5.74, 6) is 0. The first-order valence-corrected chi connectivity index (χ1v) is 15.5. The van der Waals surface area contributed by atoms with Gasteiger partial charge in [0.05, 0.1) is 17.1 Å². The summed E-state index contributed by atoms with van der Waals surface area (Å²) in [6, 6.07) is 14.0. The van der Waals surface area contributed by atoms with E-state index in [2.05, 4.69) is 77.2 Å². The molecule has 0 unspecified atom stereocenters. The summed E-state index contributed by atoms with van der Waals surface area (Å²) < 4.78 is 0. The van der Waals surface area contributed by atoms with Gasteiger partial charge in [-0.1, -0.05) is 85.3 Å². The number of rotatable bonds is 19. The van der Waals surface area contributed by atoms with Crippen LogP contribution in [0, 0.1) is 0 Å². The molecule has 3 heteroatoms. The topological polar surface area (TPSA) is 24.7 Å². The van der Waals surface area contributed by atoms with Crippen LogP contribution in [0.4, 0.5) is 11.4 Å². The van der Waals surface area contributed by atoms with Gasteiger partial charge < -0.3 is 0 Å². The minimum absolute atomic E-state index is 0. The minimum atomic E-state index is 0. The summed E-state index contributed by atoms with van der Waals surface area (Å²) in [5.41, 5.74) is 9.02. The molecule has 0 amide bonds. The summed E-state index contributed by atoms with van der Waals surface area (Å²) in [4.78, 5) is 10.2. The molecule has 0 aliphatic heterocycles. The molecule has 2 rings (SSSR count). The second-order valence-corrected chi connectivity index (χ2v) is 10.7. The first kappa shape index (κ1) is 34.3. The SMILES string of the molecule is CCCCCC(/C=N/c1cc(CCCC)cc(CCCC)c1)=N\c1cc(CCCC)cc(CCCC)c1.[Ni]. The number of benzene rings is 2. The standard InChI is InChI=1S/C35H54N2.Ni/c1-6-11-16-21-33(37-35-26-31(19-14-9-4)23-32(27-35)20-15-10-5)28-36-34-24-29(17-12-7-2)22-30(25-34)18-13-8-3;/h22-28H,6-21H2,1-5H3;/b36-28+,37-33+;. The third-order valence-corrected chi connectivity index (χ3v) is 7.02. The number of nitrogens with zero attached hydrogens (tertiary/aromatic N) is 2. The molecule has 0 aliphatic rings. The fourth-order valence-corrected chi connectivity index (χ4v) is 4.75. The maximum atomic E-state index is 5.19. The average Bonchev–Trinajstić information content (AvgIpc) is 2.91. The molecule has 0 atom stereocenters. The number of hydrogen-bond donors (Lipinski definition) is 0. The normalized spacial score (nSPS) is 11.8. The summed E-state index contributed by atoms with van der Waals surface area (Å²) >= 11 is 0. The molecular formula is C35H54N2Ni. The van der Waals surface area contributed by atoms with Crippen LogP contribution in [0.3, 0.4) is 0 Å². The molecular weight excluding hydrogens is 507 g/mol. The van der Waals surface area contributed by atoms with E-state index in [1.54, 1.807) is 0 Å². The van der Waals surface area contributed by atoms with Crippen molar-refractivity contribution in [3.8, 4) is 0 Å². The van der Waals surface area contributed by atoms with Gasteiger partial charge in [-0.3, -0.25) is 9.98 Å². The van der Waals surface area contributed by atoms with Crippen molar-refractivity contribution in [2.75, 3.05) is 0 Å². The van der Waals surface area contributed by atoms with Crippen molar-refractivity contribution in [3.05, 3.63) is 58.7 Å². The molecule has 0 N–H and O–H groups in total. The van der Waals surface area contributed by atoms with E-state index >= 15 is 0 Å². The molecule has 2 aromatic carbocycles. The molecule has 0 saturated carbocycles. The van der Waals surface area contributed by atoms with Crippen LogP contribution in [0.15, 0.2) is 46.4 Å². The van der Waals surface area contributed by atoms with Crippen LogP contribution in [0.25, 0.3) is 0 Å². The predicted octanol–water partition coefficient (Wildman–Crippen LogP) is 11.1. The molecule has 38 heavy (non-hydrogen) atoms. The van der Waals surface area contributed by atoms with Crippen LogP contribution in [0.5, 0.6) is 0 Å². The quantitative estimate of drug-likeness (QED) is 0.0926. The second kappa shape index (κ2) is 21.1. The first-order chi connectivity index (χ1) is 18.1. The third-order valence-electron chi connectivity index (χ3n) is 7.02.